The summed E-state index contributed by atoms with van der Waals surface area (Å²) in [6.07, 6.45) is 1.55. The molecule has 0 radical (unpaired) electrons. The van der Waals surface area contributed by atoms with E-state index in [2.05, 4.69) is 10.3 Å². The summed E-state index contributed by atoms with van der Waals surface area (Å²) in [5.41, 5.74) is 0.448. The number of benzene rings is 2. The van der Waals surface area contributed by atoms with Crippen molar-refractivity contribution in [2.45, 2.75) is 0 Å². The Labute approximate surface area is 143 Å². The van der Waals surface area contributed by atoms with Crippen LogP contribution in [0.25, 0.3) is 10.8 Å². The molecule has 4 nitrogen and oxygen atoms in total. The number of hydrogen-bond acceptors (Lipinski definition) is 3. The average Bonchev–Trinajstić information content (AvgIpc) is 2.57. The zero-order chi connectivity index (χ0) is 16.2. The molecule has 0 saturated heterocycles. The van der Waals surface area contributed by atoms with Crippen molar-refractivity contribution in [3.8, 4) is 5.75 Å². The van der Waals surface area contributed by atoms with Gasteiger partial charge in [0.2, 0.25) is 0 Å². The number of ether oxygens (including phenoxy) is 1. The molecule has 3 aromatic rings. The molecule has 1 heterocycles. The summed E-state index contributed by atoms with van der Waals surface area (Å²) in [5.74, 6) is 0.274. The summed E-state index contributed by atoms with van der Waals surface area (Å²) >= 11 is 12.1. The number of pyridine rings is 1. The first-order valence-corrected chi connectivity index (χ1v) is 7.61. The molecule has 0 spiro atoms. The van der Waals surface area contributed by atoms with Crippen LogP contribution in [0.5, 0.6) is 5.75 Å². The molecule has 3 rings (SSSR count). The van der Waals surface area contributed by atoms with E-state index < -0.39 is 0 Å². The molecule has 0 fully saturated rings. The quantitative estimate of drug-likeness (QED) is 0.704. The molecule has 1 N–H and O–H groups in total. The maximum atomic E-state index is 12.0. The number of nitrogens with zero attached hydrogens (tertiary/aromatic N) is 1. The number of aromatic nitrogens is 1. The van der Waals surface area contributed by atoms with Crippen LogP contribution >= 0.6 is 23.2 Å². The van der Waals surface area contributed by atoms with Crippen molar-refractivity contribution >= 4 is 45.6 Å². The van der Waals surface area contributed by atoms with Crippen LogP contribution in [0.15, 0.2) is 54.7 Å². The van der Waals surface area contributed by atoms with Crippen LogP contribution < -0.4 is 10.1 Å². The molecule has 23 heavy (non-hydrogen) atoms. The fourth-order valence-corrected chi connectivity index (χ4v) is 2.56. The highest BCUT2D eigenvalue weighted by atomic mass is 35.5. The van der Waals surface area contributed by atoms with Crippen molar-refractivity contribution in [3.05, 3.63) is 64.9 Å². The van der Waals surface area contributed by atoms with Crippen molar-refractivity contribution < 1.29 is 9.53 Å². The highest BCUT2D eigenvalue weighted by molar-refractivity contribution is 6.35. The Hall–Kier alpha value is -2.30. The summed E-state index contributed by atoms with van der Waals surface area (Å²) < 4.78 is 5.61. The lowest BCUT2D eigenvalue weighted by atomic mass is 10.1. The van der Waals surface area contributed by atoms with Gasteiger partial charge in [0, 0.05) is 22.0 Å². The fourth-order valence-electron chi connectivity index (χ4n) is 2.17. The third kappa shape index (κ3) is 3.55. The molecule has 116 valence electrons. The van der Waals surface area contributed by atoms with Gasteiger partial charge in [0.05, 0.1) is 5.69 Å². The number of carbonyl (C=O) groups excluding carboxylic acids is 1. The molecule has 0 aliphatic heterocycles. The van der Waals surface area contributed by atoms with Crippen LogP contribution in [0.3, 0.4) is 0 Å². The van der Waals surface area contributed by atoms with Gasteiger partial charge in [-0.3, -0.25) is 4.79 Å². The number of rotatable bonds is 4. The SMILES string of the molecule is O=C(COc1ccc(Cl)c2ccccc12)Nc1cccnc1Cl. The molecule has 0 saturated carbocycles. The summed E-state index contributed by atoms with van der Waals surface area (Å²) in [6, 6.07) is 14.4. The van der Waals surface area contributed by atoms with E-state index in [4.69, 9.17) is 27.9 Å². The minimum absolute atomic E-state index is 0.142. The largest absolute Gasteiger partial charge is 0.483 e. The maximum Gasteiger partial charge on any atom is 0.262 e. The van der Waals surface area contributed by atoms with E-state index in [9.17, 15) is 4.79 Å². The van der Waals surface area contributed by atoms with Gasteiger partial charge in [0.1, 0.15) is 5.75 Å². The lowest BCUT2D eigenvalue weighted by molar-refractivity contribution is -0.118. The third-order valence-corrected chi connectivity index (χ3v) is 3.85. The number of fused-ring (bicyclic) bond motifs is 1. The predicted octanol–water partition coefficient (Wildman–Crippen LogP) is 4.56. The van der Waals surface area contributed by atoms with Gasteiger partial charge in [-0.15, -0.1) is 0 Å². The summed E-state index contributed by atoms with van der Waals surface area (Å²) in [6.45, 7) is -0.142. The number of nitrogens with one attached hydrogen (secondary N) is 1. The van der Waals surface area contributed by atoms with Gasteiger partial charge in [-0.1, -0.05) is 47.5 Å². The van der Waals surface area contributed by atoms with E-state index in [-0.39, 0.29) is 17.7 Å². The van der Waals surface area contributed by atoms with Crippen molar-refractivity contribution in [2.75, 3.05) is 11.9 Å². The van der Waals surface area contributed by atoms with E-state index in [1.807, 2.05) is 24.3 Å². The first kappa shape index (κ1) is 15.6. The van der Waals surface area contributed by atoms with Crippen molar-refractivity contribution in [1.82, 2.24) is 4.98 Å². The molecule has 1 amide bonds. The van der Waals surface area contributed by atoms with E-state index in [1.165, 1.54) is 0 Å². The fraction of sp³-hybridized carbons (Fsp3) is 0.0588. The number of carbonyl (C=O) groups is 1. The van der Waals surface area contributed by atoms with Crippen molar-refractivity contribution in [2.24, 2.45) is 0 Å². The van der Waals surface area contributed by atoms with Gasteiger partial charge in [0.15, 0.2) is 11.8 Å². The molecular formula is C17H12Cl2N2O2. The summed E-state index contributed by atoms with van der Waals surface area (Å²) in [7, 11) is 0. The van der Waals surface area contributed by atoms with Crippen LogP contribution in [-0.4, -0.2) is 17.5 Å². The highest BCUT2D eigenvalue weighted by Gasteiger charge is 2.09. The Morgan fingerprint density at radius 2 is 1.83 bits per heavy atom. The minimum Gasteiger partial charge on any atom is -0.483 e. The molecular weight excluding hydrogens is 335 g/mol. The van der Waals surface area contributed by atoms with Gasteiger partial charge in [-0.05, 0) is 24.3 Å². The summed E-state index contributed by atoms with van der Waals surface area (Å²) in [5, 5.41) is 5.26. The zero-order valence-corrected chi connectivity index (χ0v) is 13.4. The van der Waals surface area contributed by atoms with E-state index >= 15 is 0 Å². The highest BCUT2D eigenvalue weighted by Crippen LogP contribution is 2.31. The minimum atomic E-state index is -0.320. The standard InChI is InChI=1S/C17H12Cl2N2O2/c18-13-7-8-15(12-5-2-1-4-11(12)13)23-10-16(22)21-14-6-3-9-20-17(14)19/h1-9H,10H2,(H,21,22). The first-order chi connectivity index (χ1) is 11.1. The second kappa shape index (κ2) is 6.86. The van der Waals surface area contributed by atoms with Gasteiger partial charge in [-0.2, -0.15) is 0 Å². The second-order valence-electron chi connectivity index (χ2n) is 4.77. The second-order valence-corrected chi connectivity index (χ2v) is 5.53. The Morgan fingerprint density at radius 3 is 2.61 bits per heavy atom. The van der Waals surface area contributed by atoms with Crippen LogP contribution in [0.1, 0.15) is 0 Å². The lowest BCUT2D eigenvalue weighted by Gasteiger charge is -2.11. The maximum absolute atomic E-state index is 12.0. The van der Waals surface area contributed by atoms with Gasteiger partial charge < -0.3 is 10.1 Å². The molecule has 1 aromatic heterocycles. The van der Waals surface area contributed by atoms with Crippen LogP contribution in [0, 0.1) is 0 Å². The Bertz CT molecular complexity index is 868. The van der Waals surface area contributed by atoms with Gasteiger partial charge >= 0.3 is 0 Å². The molecule has 6 heteroatoms. The third-order valence-electron chi connectivity index (χ3n) is 3.22. The van der Waals surface area contributed by atoms with Crippen LogP contribution in [0.2, 0.25) is 10.2 Å². The smallest absolute Gasteiger partial charge is 0.262 e. The van der Waals surface area contributed by atoms with E-state index in [1.54, 1.807) is 30.5 Å². The molecule has 2 aromatic carbocycles. The number of halogens is 2. The topological polar surface area (TPSA) is 51.2 Å². The van der Waals surface area contributed by atoms with Gasteiger partial charge in [-0.25, -0.2) is 4.98 Å². The van der Waals surface area contributed by atoms with Crippen molar-refractivity contribution in [1.29, 1.82) is 0 Å². The van der Waals surface area contributed by atoms with Crippen LogP contribution in [0.4, 0.5) is 5.69 Å². The molecule has 0 aliphatic carbocycles. The lowest BCUT2D eigenvalue weighted by Crippen LogP contribution is -2.20. The average molecular weight is 347 g/mol. The van der Waals surface area contributed by atoms with Crippen molar-refractivity contribution in [3.63, 3.8) is 0 Å². The monoisotopic (exact) mass is 346 g/mol. The van der Waals surface area contributed by atoms with Gasteiger partial charge in [0.25, 0.3) is 5.91 Å². The number of amides is 1. The normalized spacial score (nSPS) is 10.5. The Morgan fingerprint density at radius 1 is 1.04 bits per heavy atom. The first-order valence-electron chi connectivity index (χ1n) is 6.85. The zero-order valence-electron chi connectivity index (χ0n) is 11.9. The predicted molar refractivity (Wildman–Crippen MR) is 92.3 cm³/mol. The Balaban J connectivity index is 1.73. The van der Waals surface area contributed by atoms with E-state index in [0.717, 1.165) is 10.8 Å². The summed E-state index contributed by atoms with van der Waals surface area (Å²) in [4.78, 5) is 15.9. The number of hydrogen-bond donors (Lipinski definition) is 1. The Kier molecular flexibility index (Phi) is 4.65. The van der Waals surface area contributed by atoms with E-state index in [0.29, 0.717) is 16.5 Å². The number of anilines is 1. The molecule has 0 aliphatic rings. The molecule has 0 atom stereocenters. The van der Waals surface area contributed by atoms with Crippen LogP contribution in [-0.2, 0) is 4.79 Å². The molecule has 0 unspecified atom stereocenters. The molecule has 0 bridgehead atoms.